The van der Waals surface area contributed by atoms with Gasteiger partial charge in [-0.15, -0.1) is 0 Å². The summed E-state index contributed by atoms with van der Waals surface area (Å²) in [5.41, 5.74) is 6.82. The fourth-order valence-corrected chi connectivity index (χ4v) is 2.28. The van der Waals surface area contributed by atoms with E-state index in [9.17, 15) is 0 Å². The highest BCUT2D eigenvalue weighted by Crippen LogP contribution is 2.26. The van der Waals surface area contributed by atoms with Crippen LogP contribution < -0.4 is 5.73 Å². The Hall–Kier alpha value is -1.32. The van der Waals surface area contributed by atoms with Gasteiger partial charge in [-0.1, -0.05) is 32.0 Å². The van der Waals surface area contributed by atoms with Gasteiger partial charge in [0.25, 0.3) is 0 Å². The van der Waals surface area contributed by atoms with E-state index in [2.05, 4.69) is 30.9 Å². The molecule has 0 saturated heterocycles. The molecule has 3 heteroatoms. The Labute approximate surface area is 102 Å². The van der Waals surface area contributed by atoms with Crippen LogP contribution in [0.4, 0.5) is 0 Å². The monoisotopic (exact) mass is 232 g/mol. The van der Waals surface area contributed by atoms with Gasteiger partial charge in [-0.3, -0.25) is 4.90 Å². The first-order valence-electron chi connectivity index (χ1n) is 6.22. The summed E-state index contributed by atoms with van der Waals surface area (Å²) in [5.74, 6) is 0.970. The highest BCUT2D eigenvalue weighted by molar-refractivity contribution is 5.77. The summed E-state index contributed by atoms with van der Waals surface area (Å²) in [5, 5.41) is 1.15. The van der Waals surface area contributed by atoms with Crippen LogP contribution in [0.3, 0.4) is 0 Å². The third-order valence-electron chi connectivity index (χ3n) is 3.25. The lowest BCUT2D eigenvalue weighted by atomic mass is 10.1. The number of furan rings is 1. The number of para-hydroxylation sites is 1. The van der Waals surface area contributed by atoms with E-state index in [1.165, 1.54) is 0 Å². The summed E-state index contributed by atoms with van der Waals surface area (Å²) in [7, 11) is 0. The lowest BCUT2D eigenvalue weighted by molar-refractivity contribution is 0.200. The zero-order valence-electron chi connectivity index (χ0n) is 10.5. The Morgan fingerprint density at radius 2 is 1.94 bits per heavy atom. The second-order valence-electron chi connectivity index (χ2n) is 4.16. The molecule has 0 aliphatic rings. The minimum absolute atomic E-state index is 0.178. The highest BCUT2D eigenvalue weighted by atomic mass is 16.3. The average molecular weight is 232 g/mol. The maximum absolute atomic E-state index is 5.88. The second-order valence-corrected chi connectivity index (χ2v) is 4.16. The Kier molecular flexibility index (Phi) is 3.82. The van der Waals surface area contributed by atoms with Gasteiger partial charge in [-0.25, -0.2) is 0 Å². The fraction of sp³-hybridized carbons (Fsp3) is 0.429. The smallest absolute Gasteiger partial charge is 0.134 e. The lowest BCUT2D eigenvalue weighted by Gasteiger charge is -2.26. The van der Waals surface area contributed by atoms with E-state index in [4.69, 9.17) is 10.2 Å². The zero-order chi connectivity index (χ0) is 12.3. The minimum Gasteiger partial charge on any atom is -0.459 e. The van der Waals surface area contributed by atoms with Crippen molar-refractivity contribution in [1.82, 2.24) is 4.90 Å². The van der Waals surface area contributed by atoms with Gasteiger partial charge in [0.1, 0.15) is 11.3 Å². The lowest BCUT2D eigenvalue weighted by Crippen LogP contribution is -2.33. The van der Waals surface area contributed by atoms with E-state index in [1.54, 1.807) is 0 Å². The van der Waals surface area contributed by atoms with Crippen LogP contribution in [0.25, 0.3) is 11.0 Å². The topological polar surface area (TPSA) is 42.4 Å². The number of nitrogens with zero attached hydrogens (tertiary/aromatic N) is 1. The largest absolute Gasteiger partial charge is 0.459 e. The Morgan fingerprint density at radius 3 is 2.53 bits per heavy atom. The third kappa shape index (κ3) is 2.35. The number of benzene rings is 1. The first-order valence-corrected chi connectivity index (χ1v) is 6.22. The van der Waals surface area contributed by atoms with Crippen molar-refractivity contribution in [3.05, 3.63) is 36.1 Å². The van der Waals surface area contributed by atoms with Gasteiger partial charge in [0.2, 0.25) is 0 Å². The first-order chi connectivity index (χ1) is 8.30. The van der Waals surface area contributed by atoms with Crippen molar-refractivity contribution in [2.45, 2.75) is 19.9 Å². The molecular formula is C14H20N2O. The summed E-state index contributed by atoms with van der Waals surface area (Å²) in [6.07, 6.45) is 0. The second kappa shape index (κ2) is 5.34. The molecule has 0 fully saturated rings. The van der Waals surface area contributed by atoms with Crippen LogP contribution in [0.2, 0.25) is 0 Å². The number of fused-ring (bicyclic) bond motifs is 1. The first kappa shape index (κ1) is 12.1. The SMILES string of the molecule is CCN(CC)C(CN)c1cc2ccccc2o1. The van der Waals surface area contributed by atoms with Crippen LogP contribution in [0.15, 0.2) is 34.7 Å². The van der Waals surface area contributed by atoms with Crippen molar-refractivity contribution in [3.8, 4) is 0 Å². The fourth-order valence-electron chi connectivity index (χ4n) is 2.28. The molecule has 2 aromatic rings. The summed E-state index contributed by atoms with van der Waals surface area (Å²) in [6.45, 7) is 6.84. The molecule has 1 aromatic heterocycles. The summed E-state index contributed by atoms with van der Waals surface area (Å²) >= 11 is 0. The van der Waals surface area contributed by atoms with Crippen molar-refractivity contribution in [2.24, 2.45) is 5.73 Å². The average Bonchev–Trinajstić information content (AvgIpc) is 2.78. The van der Waals surface area contributed by atoms with Crippen molar-refractivity contribution >= 4 is 11.0 Å². The van der Waals surface area contributed by atoms with Crippen LogP contribution in [-0.4, -0.2) is 24.5 Å². The summed E-state index contributed by atoms with van der Waals surface area (Å²) < 4.78 is 5.88. The normalized spacial score (nSPS) is 13.4. The van der Waals surface area contributed by atoms with E-state index < -0.39 is 0 Å². The van der Waals surface area contributed by atoms with Gasteiger partial charge in [-0.2, -0.15) is 0 Å². The van der Waals surface area contributed by atoms with Gasteiger partial charge in [-0.05, 0) is 25.2 Å². The van der Waals surface area contributed by atoms with E-state index in [0.29, 0.717) is 6.54 Å². The quantitative estimate of drug-likeness (QED) is 0.862. The van der Waals surface area contributed by atoms with E-state index >= 15 is 0 Å². The molecule has 0 aliphatic carbocycles. The molecule has 3 nitrogen and oxygen atoms in total. The Morgan fingerprint density at radius 1 is 1.24 bits per heavy atom. The predicted octanol–water partition coefficient (Wildman–Crippen LogP) is 2.77. The molecule has 1 unspecified atom stereocenters. The Bertz CT molecular complexity index is 441. The molecule has 1 heterocycles. The number of hydrogen-bond donors (Lipinski definition) is 1. The van der Waals surface area contributed by atoms with Crippen LogP contribution in [-0.2, 0) is 0 Å². The number of nitrogens with two attached hydrogens (primary N) is 1. The number of hydrogen-bond acceptors (Lipinski definition) is 3. The number of rotatable bonds is 5. The highest BCUT2D eigenvalue weighted by Gasteiger charge is 2.19. The molecule has 0 spiro atoms. The molecule has 2 rings (SSSR count). The maximum atomic E-state index is 5.88. The van der Waals surface area contributed by atoms with E-state index in [0.717, 1.165) is 29.8 Å². The zero-order valence-corrected chi connectivity index (χ0v) is 10.5. The maximum Gasteiger partial charge on any atom is 0.134 e. The molecule has 1 atom stereocenters. The van der Waals surface area contributed by atoms with Gasteiger partial charge in [0.05, 0.1) is 6.04 Å². The molecule has 1 aromatic carbocycles. The standard InChI is InChI=1S/C14H20N2O/c1-3-16(4-2)12(10-15)14-9-11-7-5-6-8-13(11)17-14/h5-9,12H,3-4,10,15H2,1-2H3. The molecule has 0 aliphatic heterocycles. The Balaban J connectivity index is 2.36. The van der Waals surface area contributed by atoms with Crippen molar-refractivity contribution < 1.29 is 4.42 Å². The molecule has 17 heavy (non-hydrogen) atoms. The molecule has 2 N–H and O–H groups in total. The summed E-state index contributed by atoms with van der Waals surface area (Å²) in [6, 6.07) is 10.4. The molecule has 92 valence electrons. The van der Waals surface area contributed by atoms with Crippen LogP contribution in [0, 0.1) is 0 Å². The minimum atomic E-state index is 0.178. The predicted molar refractivity (Wildman–Crippen MR) is 70.9 cm³/mol. The van der Waals surface area contributed by atoms with Crippen molar-refractivity contribution in [1.29, 1.82) is 0 Å². The van der Waals surface area contributed by atoms with Gasteiger partial charge < -0.3 is 10.2 Å². The molecule has 0 saturated carbocycles. The van der Waals surface area contributed by atoms with Crippen molar-refractivity contribution in [2.75, 3.05) is 19.6 Å². The van der Waals surface area contributed by atoms with Crippen LogP contribution >= 0.6 is 0 Å². The molecular weight excluding hydrogens is 212 g/mol. The van der Waals surface area contributed by atoms with Gasteiger partial charge >= 0.3 is 0 Å². The summed E-state index contributed by atoms with van der Waals surface area (Å²) in [4.78, 5) is 2.32. The molecule has 0 bridgehead atoms. The van der Waals surface area contributed by atoms with Crippen LogP contribution in [0.5, 0.6) is 0 Å². The molecule has 0 radical (unpaired) electrons. The molecule has 0 amide bonds. The van der Waals surface area contributed by atoms with Crippen LogP contribution in [0.1, 0.15) is 25.6 Å². The van der Waals surface area contributed by atoms with E-state index in [-0.39, 0.29) is 6.04 Å². The van der Waals surface area contributed by atoms with E-state index in [1.807, 2.05) is 18.2 Å². The number of likely N-dealkylation sites (N-methyl/N-ethyl adjacent to an activating group) is 1. The van der Waals surface area contributed by atoms with Gasteiger partial charge in [0.15, 0.2) is 0 Å². The van der Waals surface area contributed by atoms with Gasteiger partial charge in [0, 0.05) is 11.9 Å². The third-order valence-corrected chi connectivity index (χ3v) is 3.25. The van der Waals surface area contributed by atoms with Crippen molar-refractivity contribution in [3.63, 3.8) is 0 Å².